The Morgan fingerprint density at radius 3 is 2.93 bits per heavy atom. The lowest BCUT2D eigenvalue weighted by Crippen LogP contribution is -2.55. The zero-order valence-electron chi connectivity index (χ0n) is 15.1. The minimum absolute atomic E-state index is 0.0193. The molecule has 27 heavy (non-hydrogen) atoms. The van der Waals surface area contributed by atoms with E-state index in [4.69, 9.17) is 0 Å². The first kappa shape index (κ1) is 16.7. The van der Waals surface area contributed by atoms with Gasteiger partial charge in [-0.2, -0.15) is 0 Å². The fraction of sp³-hybridized carbons (Fsp3) is 0.333. The third-order valence-electron chi connectivity index (χ3n) is 5.48. The Balaban J connectivity index is 1.32. The number of carbonyl (C=O) groups is 1. The number of para-hydroxylation sites is 1. The molecular weight excluding hydrogens is 361 g/mol. The third-order valence-corrected chi connectivity index (χ3v) is 6.56. The molecule has 6 heteroatoms. The third kappa shape index (κ3) is 2.79. The van der Waals surface area contributed by atoms with Gasteiger partial charge >= 0.3 is 0 Å². The van der Waals surface area contributed by atoms with E-state index in [0.29, 0.717) is 18.6 Å². The van der Waals surface area contributed by atoms with Crippen LogP contribution in [-0.4, -0.2) is 30.5 Å². The quantitative estimate of drug-likeness (QED) is 0.669. The van der Waals surface area contributed by atoms with Crippen LogP contribution in [0, 0.1) is 18.7 Å². The molecule has 0 spiro atoms. The number of aromatic nitrogens is 1. The van der Waals surface area contributed by atoms with E-state index in [0.717, 1.165) is 34.9 Å². The van der Waals surface area contributed by atoms with Gasteiger partial charge in [-0.1, -0.05) is 35.1 Å². The van der Waals surface area contributed by atoms with Crippen LogP contribution in [0.15, 0.2) is 36.4 Å². The summed E-state index contributed by atoms with van der Waals surface area (Å²) in [6.45, 7) is 4.18. The van der Waals surface area contributed by atoms with E-state index in [1.54, 1.807) is 6.07 Å². The van der Waals surface area contributed by atoms with Crippen LogP contribution in [0.5, 0.6) is 0 Å². The summed E-state index contributed by atoms with van der Waals surface area (Å²) < 4.78 is 14.7. The standard InChI is InChI=1S/C21H20FN3OS/c1-13-7-8-17-14(10-13)4-3-9-25(17)20(26)15-11-24(12-15)21-23-19-16(22)5-2-6-18(19)27-21/h2,5-8,10,15H,3-4,9,11-12H2,1H3. The number of fused-ring (bicyclic) bond motifs is 2. The number of anilines is 2. The average molecular weight is 381 g/mol. The van der Waals surface area contributed by atoms with Gasteiger partial charge in [0.2, 0.25) is 5.91 Å². The SMILES string of the molecule is Cc1ccc2c(c1)CCCN2C(=O)C1CN(c2nc3c(F)cccc3s2)C1. The molecule has 0 unspecified atom stereocenters. The molecule has 1 amide bonds. The number of hydrogen-bond donors (Lipinski definition) is 0. The summed E-state index contributed by atoms with van der Waals surface area (Å²) in [6, 6.07) is 11.4. The van der Waals surface area contributed by atoms with E-state index < -0.39 is 0 Å². The molecule has 0 N–H and O–H groups in total. The number of halogens is 1. The van der Waals surface area contributed by atoms with Gasteiger partial charge in [0.25, 0.3) is 0 Å². The van der Waals surface area contributed by atoms with Gasteiger partial charge in [-0.15, -0.1) is 0 Å². The van der Waals surface area contributed by atoms with Gasteiger partial charge in [0.05, 0.1) is 10.6 Å². The normalized spacial score (nSPS) is 17.1. The second-order valence-corrected chi connectivity index (χ2v) is 8.42. The van der Waals surface area contributed by atoms with Crippen LogP contribution < -0.4 is 9.80 Å². The number of aryl methyl sites for hydroxylation is 2. The molecule has 0 bridgehead atoms. The Kier molecular flexibility index (Phi) is 3.90. The summed E-state index contributed by atoms with van der Waals surface area (Å²) in [5.74, 6) is -0.110. The fourth-order valence-electron chi connectivity index (χ4n) is 4.00. The number of nitrogens with zero attached hydrogens (tertiary/aromatic N) is 3. The Morgan fingerprint density at radius 1 is 1.26 bits per heavy atom. The Bertz CT molecular complexity index is 1040. The van der Waals surface area contributed by atoms with Crippen molar-refractivity contribution in [3.63, 3.8) is 0 Å². The maximum atomic E-state index is 13.9. The minimum Gasteiger partial charge on any atom is -0.346 e. The molecule has 0 radical (unpaired) electrons. The zero-order chi connectivity index (χ0) is 18.5. The van der Waals surface area contributed by atoms with Crippen LogP contribution >= 0.6 is 11.3 Å². The summed E-state index contributed by atoms with van der Waals surface area (Å²) in [5.41, 5.74) is 4.00. The minimum atomic E-state index is -0.289. The van der Waals surface area contributed by atoms with Crippen molar-refractivity contribution in [1.82, 2.24) is 4.98 Å². The van der Waals surface area contributed by atoms with Crippen LogP contribution in [0.1, 0.15) is 17.5 Å². The molecule has 2 aliphatic heterocycles. The monoisotopic (exact) mass is 381 g/mol. The van der Waals surface area contributed by atoms with E-state index in [1.165, 1.54) is 28.5 Å². The van der Waals surface area contributed by atoms with Gasteiger partial charge < -0.3 is 9.80 Å². The van der Waals surface area contributed by atoms with Gasteiger partial charge in [-0.25, -0.2) is 9.37 Å². The average Bonchev–Trinajstić information content (AvgIpc) is 3.04. The van der Waals surface area contributed by atoms with Gasteiger partial charge in [-0.3, -0.25) is 4.79 Å². The number of hydrogen-bond acceptors (Lipinski definition) is 4. The molecule has 4 nitrogen and oxygen atoms in total. The Morgan fingerprint density at radius 2 is 2.11 bits per heavy atom. The summed E-state index contributed by atoms with van der Waals surface area (Å²) in [5, 5.41) is 0.800. The molecule has 0 atom stereocenters. The van der Waals surface area contributed by atoms with Crippen molar-refractivity contribution >= 4 is 38.3 Å². The molecule has 2 aliphatic rings. The molecule has 2 aromatic carbocycles. The predicted octanol–water partition coefficient (Wildman–Crippen LogP) is 4.16. The van der Waals surface area contributed by atoms with Crippen molar-refractivity contribution in [2.24, 2.45) is 5.92 Å². The van der Waals surface area contributed by atoms with Gasteiger partial charge in [0.1, 0.15) is 11.3 Å². The van der Waals surface area contributed by atoms with Crippen molar-refractivity contribution < 1.29 is 9.18 Å². The number of carbonyl (C=O) groups excluding carboxylic acids is 1. The summed E-state index contributed by atoms with van der Waals surface area (Å²) >= 11 is 1.48. The van der Waals surface area contributed by atoms with E-state index in [-0.39, 0.29) is 17.6 Å². The first-order valence-electron chi connectivity index (χ1n) is 9.31. The predicted molar refractivity (Wildman–Crippen MR) is 107 cm³/mol. The second kappa shape index (κ2) is 6.30. The van der Waals surface area contributed by atoms with Crippen molar-refractivity contribution in [3.8, 4) is 0 Å². The van der Waals surface area contributed by atoms with Crippen molar-refractivity contribution in [2.75, 3.05) is 29.4 Å². The fourth-order valence-corrected chi connectivity index (χ4v) is 5.00. The van der Waals surface area contributed by atoms with Crippen LogP contribution in [0.3, 0.4) is 0 Å². The highest BCUT2D eigenvalue weighted by Crippen LogP contribution is 2.36. The molecule has 1 fully saturated rings. The molecule has 3 heterocycles. The molecule has 0 saturated carbocycles. The van der Waals surface area contributed by atoms with E-state index >= 15 is 0 Å². The smallest absolute Gasteiger partial charge is 0.233 e. The number of rotatable bonds is 2. The maximum Gasteiger partial charge on any atom is 0.233 e. The summed E-state index contributed by atoms with van der Waals surface area (Å²) in [7, 11) is 0. The molecular formula is C21H20FN3OS. The lowest BCUT2D eigenvalue weighted by molar-refractivity contribution is -0.123. The van der Waals surface area contributed by atoms with Gasteiger partial charge in [0, 0.05) is 25.3 Å². The molecule has 5 rings (SSSR count). The van der Waals surface area contributed by atoms with E-state index in [9.17, 15) is 9.18 Å². The number of thiazole rings is 1. The highest BCUT2D eigenvalue weighted by atomic mass is 32.1. The molecule has 1 saturated heterocycles. The lowest BCUT2D eigenvalue weighted by Gasteiger charge is -2.41. The summed E-state index contributed by atoms with van der Waals surface area (Å²) in [6.07, 6.45) is 2.05. The van der Waals surface area contributed by atoms with Crippen LogP contribution in [0.4, 0.5) is 15.2 Å². The highest BCUT2D eigenvalue weighted by Gasteiger charge is 2.38. The molecule has 0 aliphatic carbocycles. The van der Waals surface area contributed by atoms with Crippen molar-refractivity contribution in [2.45, 2.75) is 19.8 Å². The van der Waals surface area contributed by atoms with Crippen LogP contribution in [-0.2, 0) is 11.2 Å². The van der Waals surface area contributed by atoms with Crippen LogP contribution in [0.2, 0.25) is 0 Å². The lowest BCUT2D eigenvalue weighted by atomic mass is 9.95. The van der Waals surface area contributed by atoms with Crippen LogP contribution in [0.25, 0.3) is 10.2 Å². The highest BCUT2D eigenvalue weighted by molar-refractivity contribution is 7.22. The van der Waals surface area contributed by atoms with E-state index in [1.807, 2.05) is 11.0 Å². The first-order chi connectivity index (χ1) is 13.1. The Hall–Kier alpha value is -2.47. The molecule has 138 valence electrons. The molecule has 3 aromatic rings. The second-order valence-electron chi connectivity index (χ2n) is 7.41. The van der Waals surface area contributed by atoms with Crippen molar-refractivity contribution in [1.29, 1.82) is 0 Å². The number of amides is 1. The Labute approximate surface area is 161 Å². The van der Waals surface area contributed by atoms with E-state index in [2.05, 4.69) is 35.0 Å². The topological polar surface area (TPSA) is 36.4 Å². The van der Waals surface area contributed by atoms with Gasteiger partial charge in [-0.05, 0) is 43.5 Å². The molecule has 1 aromatic heterocycles. The van der Waals surface area contributed by atoms with Gasteiger partial charge in [0.15, 0.2) is 5.13 Å². The largest absolute Gasteiger partial charge is 0.346 e. The summed E-state index contributed by atoms with van der Waals surface area (Å²) in [4.78, 5) is 21.5. The maximum absolute atomic E-state index is 13.9. The zero-order valence-corrected chi connectivity index (χ0v) is 15.9. The number of benzene rings is 2. The van der Waals surface area contributed by atoms with Crippen molar-refractivity contribution in [3.05, 3.63) is 53.3 Å². The first-order valence-corrected chi connectivity index (χ1v) is 10.1.